The van der Waals surface area contributed by atoms with Crippen LogP contribution in [0.25, 0.3) is 0 Å². The maximum Gasteiger partial charge on any atom is 0.239 e. The molecule has 1 aliphatic rings. The molecule has 3 heterocycles. The van der Waals surface area contributed by atoms with Crippen molar-refractivity contribution in [2.45, 2.75) is 52.1 Å². The Kier molecular flexibility index (Phi) is 4.94. The Morgan fingerprint density at radius 3 is 3.04 bits per heavy atom. The van der Waals surface area contributed by atoms with Gasteiger partial charge in [-0.25, -0.2) is 4.68 Å². The van der Waals surface area contributed by atoms with Gasteiger partial charge in [-0.05, 0) is 33.2 Å². The van der Waals surface area contributed by atoms with Crippen molar-refractivity contribution >= 4 is 11.7 Å². The minimum atomic E-state index is -0.0523. The zero-order valence-corrected chi connectivity index (χ0v) is 14.4. The molecular weight excluding hydrogens is 308 g/mol. The predicted molar refractivity (Wildman–Crippen MR) is 88.5 cm³/mol. The summed E-state index contributed by atoms with van der Waals surface area (Å²) in [7, 11) is 0. The fraction of sp³-hybridized carbons (Fsp3) is 0.625. The fourth-order valence-electron chi connectivity index (χ4n) is 3.05. The van der Waals surface area contributed by atoms with E-state index in [0.29, 0.717) is 18.3 Å². The third-order valence-corrected chi connectivity index (χ3v) is 4.22. The average molecular weight is 332 g/mol. The second-order valence-electron chi connectivity index (χ2n) is 6.33. The molecule has 1 N–H and O–H groups in total. The summed E-state index contributed by atoms with van der Waals surface area (Å²) in [5.74, 6) is 1.99. The van der Waals surface area contributed by atoms with E-state index >= 15 is 0 Å². The van der Waals surface area contributed by atoms with E-state index in [1.807, 2.05) is 26.8 Å². The zero-order valence-electron chi connectivity index (χ0n) is 14.4. The molecule has 3 rings (SSSR count). The molecule has 0 radical (unpaired) electrons. The number of rotatable bonds is 6. The van der Waals surface area contributed by atoms with Gasteiger partial charge in [-0.3, -0.25) is 9.69 Å². The molecule has 1 aliphatic heterocycles. The summed E-state index contributed by atoms with van der Waals surface area (Å²) in [5, 5.41) is 11.2. The van der Waals surface area contributed by atoms with Gasteiger partial charge in [0, 0.05) is 18.5 Å². The quantitative estimate of drug-likeness (QED) is 0.872. The maximum absolute atomic E-state index is 12.4. The third-order valence-electron chi connectivity index (χ3n) is 4.22. The van der Waals surface area contributed by atoms with Crippen LogP contribution in [-0.4, -0.2) is 43.8 Å². The largest absolute Gasteiger partial charge is 0.339 e. The van der Waals surface area contributed by atoms with E-state index in [1.54, 1.807) is 10.9 Å². The summed E-state index contributed by atoms with van der Waals surface area (Å²) < 4.78 is 7.00. The summed E-state index contributed by atoms with van der Waals surface area (Å²) in [5.41, 5.74) is 0. The minimum absolute atomic E-state index is 0.0507. The highest BCUT2D eigenvalue weighted by atomic mass is 16.5. The first-order valence-electron chi connectivity index (χ1n) is 8.48. The van der Waals surface area contributed by atoms with Gasteiger partial charge in [0.1, 0.15) is 5.82 Å². The molecule has 1 amide bonds. The van der Waals surface area contributed by atoms with Crippen LogP contribution < -0.4 is 5.32 Å². The van der Waals surface area contributed by atoms with Crippen LogP contribution >= 0.6 is 0 Å². The summed E-state index contributed by atoms with van der Waals surface area (Å²) in [4.78, 5) is 18.9. The van der Waals surface area contributed by atoms with E-state index in [4.69, 9.17) is 4.52 Å². The number of hydrogen-bond acceptors (Lipinski definition) is 6. The fourth-order valence-corrected chi connectivity index (χ4v) is 3.05. The Bertz CT molecular complexity index is 692. The molecule has 1 atom stereocenters. The minimum Gasteiger partial charge on any atom is -0.339 e. The van der Waals surface area contributed by atoms with E-state index in [-0.39, 0.29) is 18.0 Å². The molecule has 0 unspecified atom stereocenters. The molecule has 8 nitrogen and oxygen atoms in total. The Morgan fingerprint density at radius 1 is 1.50 bits per heavy atom. The van der Waals surface area contributed by atoms with E-state index in [1.165, 1.54) is 0 Å². The van der Waals surface area contributed by atoms with Crippen molar-refractivity contribution in [3.63, 3.8) is 0 Å². The first-order chi connectivity index (χ1) is 11.6. The first-order valence-corrected chi connectivity index (χ1v) is 8.48. The lowest BCUT2D eigenvalue weighted by Gasteiger charge is -2.21. The van der Waals surface area contributed by atoms with Gasteiger partial charge in [-0.1, -0.05) is 12.1 Å². The predicted octanol–water partition coefficient (Wildman–Crippen LogP) is 2.18. The van der Waals surface area contributed by atoms with Gasteiger partial charge in [-0.2, -0.15) is 10.1 Å². The normalized spacial score (nSPS) is 18.4. The summed E-state index contributed by atoms with van der Waals surface area (Å²) in [6, 6.07) is 2.06. The lowest BCUT2D eigenvalue weighted by Crippen LogP contribution is -2.33. The van der Waals surface area contributed by atoms with Gasteiger partial charge in [0.15, 0.2) is 5.82 Å². The average Bonchev–Trinajstić information content (AvgIpc) is 3.26. The second kappa shape index (κ2) is 7.12. The summed E-state index contributed by atoms with van der Waals surface area (Å²) in [6.45, 7) is 7.21. The number of hydrogen-bond donors (Lipinski definition) is 1. The maximum atomic E-state index is 12.4. The number of likely N-dealkylation sites (tertiary alicyclic amines) is 1. The third kappa shape index (κ3) is 3.48. The monoisotopic (exact) mass is 332 g/mol. The molecule has 2 aromatic heterocycles. The van der Waals surface area contributed by atoms with Gasteiger partial charge in [-0.15, -0.1) is 0 Å². The second-order valence-corrected chi connectivity index (χ2v) is 6.33. The van der Waals surface area contributed by atoms with Gasteiger partial charge in [0.25, 0.3) is 0 Å². The number of carbonyl (C=O) groups excluding carboxylic acids is 1. The first kappa shape index (κ1) is 16.6. The smallest absolute Gasteiger partial charge is 0.239 e. The molecule has 24 heavy (non-hydrogen) atoms. The van der Waals surface area contributed by atoms with Crippen LogP contribution in [0.1, 0.15) is 57.4 Å². The van der Waals surface area contributed by atoms with Crippen molar-refractivity contribution in [2.75, 3.05) is 18.4 Å². The van der Waals surface area contributed by atoms with Crippen molar-refractivity contribution in [3.8, 4) is 0 Å². The van der Waals surface area contributed by atoms with Crippen LogP contribution in [0.4, 0.5) is 5.82 Å². The topological polar surface area (TPSA) is 89.1 Å². The van der Waals surface area contributed by atoms with Crippen LogP contribution in [0.3, 0.4) is 0 Å². The standard InChI is InChI=1S/C16H24N6O2/c1-4-15-19-16(20-24-15)12-6-5-9-21(12)10-14(23)18-13-7-8-17-22(13)11(2)3/h7-8,11-12H,4-6,9-10H2,1-3H3,(H,18,23)/t12-/m1/s1. The van der Waals surface area contributed by atoms with Gasteiger partial charge in [0.05, 0.1) is 18.8 Å². The van der Waals surface area contributed by atoms with Crippen LogP contribution in [-0.2, 0) is 11.2 Å². The Labute approximate surface area is 141 Å². The summed E-state index contributed by atoms with van der Waals surface area (Å²) >= 11 is 0. The molecular formula is C16H24N6O2. The molecule has 0 aliphatic carbocycles. The van der Waals surface area contributed by atoms with Crippen LogP contribution in [0.5, 0.6) is 0 Å². The summed E-state index contributed by atoms with van der Waals surface area (Å²) in [6.07, 6.45) is 4.39. The number of aromatic nitrogens is 4. The van der Waals surface area contributed by atoms with Crippen LogP contribution in [0.15, 0.2) is 16.8 Å². The van der Waals surface area contributed by atoms with Gasteiger partial charge >= 0.3 is 0 Å². The number of amides is 1. The highest BCUT2D eigenvalue weighted by Gasteiger charge is 2.31. The van der Waals surface area contributed by atoms with Crippen molar-refractivity contribution < 1.29 is 9.32 Å². The van der Waals surface area contributed by atoms with Crippen molar-refractivity contribution in [2.24, 2.45) is 0 Å². The van der Waals surface area contributed by atoms with E-state index in [2.05, 4.69) is 25.5 Å². The highest BCUT2D eigenvalue weighted by Crippen LogP contribution is 2.29. The lowest BCUT2D eigenvalue weighted by atomic mass is 10.2. The number of anilines is 1. The van der Waals surface area contributed by atoms with Gasteiger partial charge in [0.2, 0.25) is 11.8 Å². The molecule has 1 fully saturated rings. The van der Waals surface area contributed by atoms with E-state index in [0.717, 1.165) is 31.6 Å². The number of nitrogens with one attached hydrogen (secondary N) is 1. The van der Waals surface area contributed by atoms with Gasteiger partial charge < -0.3 is 9.84 Å². The molecule has 8 heteroatoms. The Balaban J connectivity index is 1.63. The molecule has 0 bridgehead atoms. The Morgan fingerprint density at radius 2 is 2.33 bits per heavy atom. The van der Waals surface area contributed by atoms with Crippen molar-refractivity contribution in [3.05, 3.63) is 24.0 Å². The number of aryl methyl sites for hydroxylation is 1. The van der Waals surface area contributed by atoms with E-state index < -0.39 is 0 Å². The number of carbonyl (C=O) groups is 1. The van der Waals surface area contributed by atoms with Crippen molar-refractivity contribution in [1.82, 2.24) is 24.8 Å². The van der Waals surface area contributed by atoms with E-state index in [9.17, 15) is 4.79 Å². The zero-order chi connectivity index (χ0) is 17.1. The highest BCUT2D eigenvalue weighted by molar-refractivity contribution is 5.91. The Hall–Kier alpha value is -2.22. The molecule has 1 saturated heterocycles. The molecule has 130 valence electrons. The van der Waals surface area contributed by atoms with Crippen molar-refractivity contribution in [1.29, 1.82) is 0 Å². The molecule has 0 spiro atoms. The molecule has 0 saturated carbocycles. The molecule has 2 aromatic rings. The SMILES string of the molecule is CCc1nc([C@H]2CCCN2CC(=O)Nc2ccnn2C(C)C)no1. The lowest BCUT2D eigenvalue weighted by molar-refractivity contribution is -0.117. The molecule has 0 aromatic carbocycles. The number of nitrogens with zero attached hydrogens (tertiary/aromatic N) is 5. The van der Waals surface area contributed by atoms with Crippen LogP contribution in [0.2, 0.25) is 0 Å². The van der Waals surface area contributed by atoms with Crippen LogP contribution in [0, 0.1) is 0 Å².